The molecule has 1 spiro atoms. The normalized spacial score (nSPS) is 34.6. The van der Waals surface area contributed by atoms with Crippen LogP contribution in [0.1, 0.15) is 20.8 Å². The summed E-state index contributed by atoms with van der Waals surface area (Å²) in [7, 11) is 0. The summed E-state index contributed by atoms with van der Waals surface area (Å²) in [5.74, 6) is -1.29. The fraction of sp³-hybridized carbons (Fsp3) is 0.583. The van der Waals surface area contributed by atoms with Crippen molar-refractivity contribution in [1.29, 1.82) is 0 Å². The number of carbonyl (C=O) groups is 1. The number of halogens is 1. The van der Waals surface area contributed by atoms with Gasteiger partial charge in [-0.25, -0.2) is 0 Å². The minimum absolute atomic E-state index is 0.0236. The minimum Gasteiger partial charge on any atom is -0.337 e. The van der Waals surface area contributed by atoms with Gasteiger partial charge in [0, 0.05) is 3.58 Å². The quantitative estimate of drug-likeness (QED) is 0.639. The zero-order chi connectivity index (χ0) is 12.0. The van der Waals surface area contributed by atoms with E-state index in [9.17, 15) is 4.79 Å². The van der Waals surface area contributed by atoms with Gasteiger partial charge in [0.25, 0.3) is 5.79 Å². The highest BCUT2D eigenvalue weighted by atomic mass is 127. The molecule has 4 heteroatoms. The summed E-state index contributed by atoms with van der Waals surface area (Å²) in [5.41, 5.74) is -0.0236. The van der Waals surface area contributed by atoms with Crippen LogP contribution in [0.5, 0.6) is 0 Å². The molecule has 0 unspecified atom stereocenters. The van der Waals surface area contributed by atoms with Crippen LogP contribution in [-0.2, 0) is 14.3 Å². The molecular weight excluding hydrogens is 319 g/mol. The van der Waals surface area contributed by atoms with E-state index in [4.69, 9.17) is 9.47 Å². The molecule has 1 aliphatic carbocycles. The first-order valence-electron chi connectivity index (χ1n) is 5.26. The third-order valence-corrected chi connectivity index (χ3v) is 3.47. The Balaban J connectivity index is 2.24. The molecule has 2 rings (SSSR count). The average Bonchev–Trinajstić information content (AvgIpc) is 2.57. The van der Waals surface area contributed by atoms with Crippen molar-refractivity contribution in [2.45, 2.75) is 32.7 Å². The molecule has 1 saturated heterocycles. The molecule has 16 heavy (non-hydrogen) atoms. The average molecular weight is 334 g/mol. The molecule has 1 heterocycles. The Kier molecular flexibility index (Phi) is 3.01. The van der Waals surface area contributed by atoms with Gasteiger partial charge in [0.2, 0.25) is 5.78 Å². The predicted molar refractivity (Wildman–Crippen MR) is 69.3 cm³/mol. The first-order chi connectivity index (χ1) is 7.33. The summed E-state index contributed by atoms with van der Waals surface area (Å²) >= 11 is 2.16. The fourth-order valence-corrected chi connectivity index (χ4v) is 2.27. The molecule has 0 amide bonds. The number of ether oxygens (including phenoxy) is 2. The van der Waals surface area contributed by atoms with Gasteiger partial charge in [0.05, 0.1) is 12.7 Å². The lowest BCUT2D eigenvalue weighted by Gasteiger charge is -2.28. The highest BCUT2D eigenvalue weighted by Crippen LogP contribution is 2.38. The second-order valence-electron chi connectivity index (χ2n) is 5.18. The molecule has 0 aromatic heterocycles. The summed E-state index contributed by atoms with van der Waals surface area (Å²) in [6.07, 6.45) is 4.99. The van der Waals surface area contributed by atoms with Crippen LogP contribution in [0.25, 0.3) is 0 Å². The van der Waals surface area contributed by atoms with Crippen LogP contribution in [0.2, 0.25) is 0 Å². The van der Waals surface area contributed by atoms with Crippen molar-refractivity contribution in [3.8, 4) is 0 Å². The molecule has 1 aliphatic heterocycles. The number of hydrogen-bond donors (Lipinski definition) is 0. The van der Waals surface area contributed by atoms with Crippen molar-refractivity contribution < 1.29 is 14.3 Å². The van der Waals surface area contributed by atoms with Crippen LogP contribution in [0.15, 0.2) is 21.8 Å². The molecule has 0 aromatic rings. The lowest BCUT2D eigenvalue weighted by Crippen LogP contribution is -2.40. The van der Waals surface area contributed by atoms with E-state index in [-0.39, 0.29) is 17.3 Å². The van der Waals surface area contributed by atoms with Crippen molar-refractivity contribution >= 4 is 28.4 Å². The SMILES string of the molecule is CC(C)(C)[C@@H]1CO[C@@]2(C=C(I)C=CC2=O)O1. The second-order valence-corrected chi connectivity index (χ2v) is 6.42. The molecule has 2 aliphatic rings. The number of rotatable bonds is 0. The van der Waals surface area contributed by atoms with E-state index in [0.717, 1.165) is 3.58 Å². The summed E-state index contributed by atoms with van der Waals surface area (Å²) < 4.78 is 12.4. The van der Waals surface area contributed by atoms with Gasteiger partial charge < -0.3 is 9.47 Å². The number of allylic oxidation sites excluding steroid dienone is 2. The van der Waals surface area contributed by atoms with Crippen molar-refractivity contribution in [1.82, 2.24) is 0 Å². The molecular formula is C12H15IO3. The smallest absolute Gasteiger partial charge is 0.255 e. The Labute approximate surface area is 109 Å². The van der Waals surface area contributed by atoms with Crippen molar-refractivity contribution in [2.24, 2.45) is 5.41 Å². The van der Waals surface area contributed by atoms with E-state index in [1.807, 2.05) is 0 Å². The minimum atomic E-state index is -1.16. The van der Waals surface area contributed by atoms with Gasteiger partial charge in [-0.2, -0.15) is 0 Å². The molecule has 0 bridgehead atoms. The molecule has 0 N–H and O–H groups in total. The van der Waals surface area contributed by atoms with E-state index in [2.05, 4.69) is 43.4 Å². The van der Waals surface area contributed by atoms with E-state index < -0.39 is 5.79 Å². The lowest BCUT2D eigenvalue weighted by molar-refractivity contribution is -0.167. The zero-order valence-electron chi connectivity index (χ0n) is 9.62. The fourth-order valence-electron chi connectivity index (χ4n) is 1.68. The van der Waals surface area contributed by atoms with E-state index >= 15 is 0 Å². The number of carbonyl (C=O) groups excluding carboxylic acids is 1. The summed E-state index contributed by atoms with van der Waals surface area (Å²) in [6, 6.07) is 0. The van der Waals surface area contributed by atoms with Gasteiger partial charge in [0.15, 0.2) is 0 Å². The largest absolute Gasteiger partial charge is 0.337 e. The third kappa shape index (κ3) is 2.10. The molecule has 2 atom stereocenters. The van der Waals surface area contributed by atoms with Crippen molar-refractivity contribution in [3.63, 3.8) is 0 Å². The topological polar surface area (TPSA) is 35.5 Å². The molecule has 88 valence electrons. The molecule has 0 saturated carbocycles. The van der Waals surface area contributed by atoms with E-state index in [1.165, 1.54) is 6.08 Å². The van der Waals surface area contributed by atoms with Crippen LogP contribution in [0.3, 0.4) is 0 Å². The van der Waals surface area contributed by atoms with Gasteiger partial charge in [-0.15, -0.1) is 0 Å². The van der Waals surface area contributed by atoms with Gasteiger partial charge in [-0.05, 0) is 46.2 Å². The Morgan fingerprint density at radius 2 is 2.12 bits per heavy atom. The van der Waals surface area contributed by atoms with Gasteiger partial charge in [0.1, 0.15) is 0 Å². The lowest BCUT2D eigenvalue weighted by atomic mass is 9.90. The Morgan fingerprint density at radius 1 is 1.44 bits per heavy atom. The maximum Gasteiger partial charge on any atom is 0.255 e. The maximum atomic E-state index is 11.9. The first-order valence-corrected chi connectivity index (χ1v) is 6.34. The molecule has 0 aromatic carbocycles. The van der Waals surface area contributed by atoms with Crippen molar-refractivity contribution in [3.05, 3.63) is 21.8 Å². The van der Waals surface area contributed by atoms with Crippen LogP contribution < -0.4 is 0 Å². The van der Waals surface area contributed by atoms with Crippen LogP contribution in [0.4, 0.5) is 0 Å². The zero-order valence-corrected chi connectivity index (χ0v) is 11.8. The summed E-state index contributed by atoms with van der Waals surface area (Å²) in [5, 5.41) is 0. The van der Waals surface area contributed by atoms with Gasteiger partial charge >= 0.3 is 0 Å². The van der Waals surface area contributed by atoms with E-state index in [0.29, 0.717) is 6.61 Å². The molecule has 1 fully saturated rings. The summed E-state index contributed by atoms with van der Waals surface area (Å²) in [4.78, 5) is 11.9. The van der Waals surface area contributed by atoms with Gasteiger partial charge in [-0.1, -0.05) is 20.8 Å². The molecule has 3 nitrogen and oxygen atoms in total. The summed E-state index contributed by atoms with van der Waals surface area (Å²) in [6.45, 7) is 6.71. The van der Waals surface area contributed by atoms with Crippen LogP contribution in [0, 0.1) is 5.41 Å². The monoisotopic (exact) mass is 334 g/mol. The number of hydrogen-bond acceptors (Lipinski definition) is 3. The Hall–Kier alpha value is -0.200. The van der Waals surface area contributed by atoms with Crippen LogP contribution >= 0.6 is 22.6 Å². The van der Waals surface area contributed by atoms with Crippen LogP contribution in [-0.4, -0.2) is 24.3 Å². The highest BCUT2D eigenvalue weighted by molar-refractivity contribution is 14.1. The predicted octanol–water partition coefficient (Wildman–Crippen LogP) is 2.60. The standard InChI is InChI=1S/C12H15IO3/c1-11(2,3)10-7-15-12(16-10)6-8(13)4-5-9(12)14/h4-6,10H,7H2,1-3H3/t10-,12-/m0/s1. The Morgan fingerprint density at radius 3 is 2.69 bits per heavy atom. The van der Waals surface area contributed by atoms with Crippen molar-refractivity contribution in [2.75, 3.05) is 6.61 Å². The van der Waals surface area contributed by atoms with Gasteiger partial charge in [-0.3, -0.25) is 4.79 Å². The van der Waals surface area contributed by atoms with E-state index in [1.54, 1.807) is 12.2 Å². The second kappa shape index (κ2) is 3.92. The maximum absolute atomic E-state index is 11.9. The number of ketones is 1. The first kappa shape index (κ1) is 12.3. The molecule has 0 radical (unpaired) electrons. The highest BCUT2D eigenvalue weighted by Gasteiger charge is 2.49. The third-order valence-electron chi connectivity index (χ3n) is 2.80. The Bertz CT molecular complexity index is 378.